The van der Waals surface area contributed by atoms with Crippen LogP contribution in [-0.4, -0.2) is 21.5 Å². The van der Waals surface area contributed by atoms with Crippen molar-refractivity contribution in [1.82, 2.24) is 9.78 Å². The third-order valence-electron chi connectivity index (χ3n) is 4.65. The monoisotopic (exact) mass is 389 g/mol. The third kappa shape index (κ3) is 4.45. The molecule has 1 heterocycles. The first-order chi connectivity index (χ1) is 13.8. The summed E-state index contributed by atoms with van der Waals surface area (Å²) in [5.41, 5.74) is 5.18. The first-order valence-electron chi connectivity index (χ1n) is 9.21. The predicted molar refractivity (Wildman–Crippen MR) is 112 cm³/mol. The van der Waals surface area contributed by atoms with Gasteiger partial charge in [0.25, 0.3) is 11.7 Å². The van der Waals surface area contributed by atoms with E-state index in [9.17, 15) is 9.59 Å². The van der Waals surface area contributed by atoms with Gasteiger partial charge in [-0.15, -0.1) is 5.11 Å². The zero-order valence-corrected chi connectivity index (χ0v) is 17.1. The van der Waals surface area contributed by atoms with Crippen molar-refractivity contribution in [3.05, 3.63) is 70.5 Å². The molecule has 29 heavy (non-hydrogen) atoms. The number of nitrogens with zero attached hydrogens (tertiary/aromatic N) is 4. The Kier molecular flexibility index (Phi) is 5.68. The molecule has 0 unspecified atom stereocenters. The van der Waals surface area contributed by atoms with E-state index in [0.29, 0.717) is 34.0 Å². The largest absolute Gasteiger partial charge is 0.317 e. The number of Topliss-reactive ketones (excluding diaryl/α,β-unsaturated/α-hetero) is 1. The van der Waals surface area contributed by atoms with Gasteiger partial charge in [-0.3, -0.25) is 14.3 Å². The Morgan fingerprint density at radius 3 is 2.21 bits per heavy atom. The van der Waals surface area contributed by atoms with E-state index in [-0.39, 0.29) is 0 Å². The van der Waals surface area contributed by atoms with E-state index < -0.39 is 11.7 Å². The third-order valence-corrected chi connectivity index (χ3v) is 4.65. The number of benzene rings is 2. The van der Waals surface area contributed by atoms with Crippen LogP contribution in [0, 0.1) is 27.7 Å². The number of azo groups is 1. The fourth-order valence-electron chi connectivity index (χ4n) is 2.95. The fraction of sp³-hybridized carbons (Fsp3) is 0.227. The molecule has 1 N–H and O–H groups in total. The molecular weight excluding hydrogens is 366 g/mol. The van der Waals surface area contributed by atoms with Crippen LogP contribution >= 0.6 is 0 Å². The molecule has 0 aliphatic heterocycles. The maximum atomic E-state index is 12.7. The van der Waals surface area contributed by atoms with Gasteiger partial charge in [-0.25, -0.2) is 0 Å². The highest BCUT2D eigenvalue weighted by Gasteiger charge is 2.24. The summed E-state index contributed by atoms with van der Waals surface area (Å²) in [7, 11) is 1.74. The summed E-state index contributed by atoms with van der Waals surface area (Å²) in [5.74, 6) is -1.37. The van der Waals surface area contributed by atoms with E-state index in [1.807, 2.05) is 44.2 Å². The molecule has 3 aromatic rings. The molecule has 1 amide bonds. The summed E-state index contributed by atoms with van der Waals surface area (Å²) in [6.45, 7) is 7.38. The zero-order valence-electron chi connectivity index (χ0n) is 17.1. The number of anilines is 1. The van der Waals surface area contributed by atoms with E-state index in [1.54, 1.807) is 37.7 Å². The molecule has 0 spiro atoms. The van der Waals surface area contributed by atoms with Crippen LogP contribution in [0.4, 0.5) is 17.1 Å². The quantitative estimate of drug-likeness (QED) is 0.383. The summed E-state index contributed by atoms with van der Waals surface area (Å²) in [6, 6.07) is 13.0. The molecule has 0 aliphatic carbocycles. The van der Waals surface area contributed by atoms with Gasteiger partial charge in [0.2, 0.25) is 0 Å². The summed E-state index contributed by atoms with van der Waals surface area (Å²) >= 11 is 0. The molecule has 0 aliphatic rings. The number of carbonyl (C=O) groups excluding carboxylic acids is 2. The van der Waals surface area contributed by atoms with Crippen molar-refractivity contribution in [2.75, 3.05) is 5.32 Å². The highest BCUT2D eigenvalue weighted by atomic mass is 16.2. The Labute approximate surface area is 169 Å². The highest BCUT2D eigenvalue weighted by molar-refractivity contribution is 6.47. The number of ketones is 1. The molecule has 0 radical (unpaired) electrons. The van der Waals surface area contributed by atoms with Crippen LogP contribution in [0.5, 0.6) is 0 Å². The average Bonchev–Trinajstić information content (AvgIpc) is 2.94. The first-order valence-corrected chi connectivity index (χ1v) is 9.21. The highest BCUT2D eigenvalue weighted by Crippen LogP contribution is 2.28. The molecule has 148 valence electrons. The maximum absolute atomic E-state index is 12.7. The van der Waals surface area contributed by atoms with Crippen molar-refractivity contribution in [2.45, 2.75) is 27.7 Å². The molecule has 2 aromatic carbocycles. The number of hydrogen-bond acceptors (Lipinski definition) is 5. The van der Waals surface area contributed by atoms with Gasteiger partial charge in [-0.05, 0) is 57.5 Å². The number of aryl methyl sites for hydroxylation is 4. The molecule has 1 aromatic heterocycles. The minimum absolute atomic E-state index is 0.319. The van der Waals surface area contributed by atoms with E-state index in [2.05, 4.69) is 20.6 Å². The number of amides is 1. The van der Waals surface area contributed by atoms with Gasteiger partial charge in [-0.1, -0.05) is 23.8 Å². The SMILES string of the molecule is Cc1ccc(N=Nc2cc(C)ccc2NC(=O)C(=O)c2c(C)nn(C)c2C)cc1. The topological polar surface area (TPSA) is 88.7 Å². The fourth-order valence-corrected chi connectivity index (χ4v) is 2.95. The van der Waals surface area contributed by atoms with Gasteiger partial charge in [0.1, 0.15) is 5.69 Å². The standard InChI is InChI=1S/C22H23N5O2/c1-13-6-9-17(10-7-13)24-25-19-12-14(2)8-11-18(19)23-22(29)21(28)20-15(3)26-27(5)16(20)4/h6-12H,1-5H3,(H,23,29). The Balaban J connectivity index is 1.86. The molecule has 0 fully saturated rings. The molecule has 3 rings (SSSR count). The van der Waals surface area contributed by atoms with Crippen LogP contribution in [0.1, 0.15) is 32.9 Å². The van der Waals surface area contributed by atoms with Gasteiger partial charge in [0.15, 0.2) is 0 Å². The lowest BCUT2D eigenvalue weighted by molar-refractivity contribution is -0.112. The lowest BCUT2D eigenvalue weighted by atomic mass is 10.1. The van der Waals surface area contributed by atoms with Crippen LogP contribution in [-0.2, 0) is 11.8 Å². The van der Waals surface area contributed by atoms with Crippen LogP contribution in [0.25, 0.3) is 0 Å². The molecule has 0 bridgehead atoms. The van der Waals surface area contributed by atoms with Crippen molar-refractivity contribution >= 4 is 28.8 Å². The molecular formula is C22H23N5O2. The smallest absolute Gasteiger partial charge is 0.296 e. The number of hydrogen-bond donors (Lipinski definition) is 1. The Hall–Kier alpha value is -3.61. The summed E-state index contributed by atoms with van der Waals surface area (Å²) in [5, 5.41) is 15.4. The van der Waals surface area contributed by atoms with Crippen molar-refractivity contribution in [1.29, 1.82) is 0 Å². The second kappa shape index (κ2) is 8.18. The number of rotatable bonds is 5. The minimum atomic E-state index is -0.736. The average molecular weight is 389 g/mol. The minimum Gasteiger partial charge on any atom is -0.317 e. The Bertz CT molecular complexity index is 1110. The Morgan fingerprint density at radius 1 is 0.931 bits per heavy atom. The van der Waals surface area contributed by atoms with Crippen LogP contribution < -0.4 is 5.32 Å². The van der Waals surface area contributed by atoms with E-state index in [1.165, 1.54) is 0 Å². The summed E-state index contributed by atoms with van der Waals surface area (Å²) in [4.78, 5) is 25.3. The van der Waals surface area contributed by atoms with Gasteiger partial charge in [-0.2, -0.15) is 10.2 Å². The van der Waals surface area contributed by atoms with Crippen LogP contribution in [0.2, 0.25) is 0 Å². The lowest BCUT2D eigenvalue weighted by Crippen LogP contribution is -2.24. The molecule has 0 saturated carbocycles. The molecule has 7 heteroatoms. The van der Waals surface area contributed by atoms with Crippen LogP contribution in [0.15, 0.2) is 52.7 Å². The molecule has 0 saturated heterocycles. The van der Waals surface area contributed by atoms with Gasteiger partial charge >= 0.3 is 0 Å². The van der Waals surface area contributed by atoms with Gasteiger partial charge < -0.3 is 5.32 Å². The van der Waals surface area contributed by atoms with E-state index in [0.717, 1.165) is 11.1 Å². The predicted octanol–water partition coefficient (Wildman–Crippen LogP) is 4.89. The normalized spacial score (nSPS) is 11.1. The maximum Gasteiger partial charge on any atom is 0.296 e. The summed E-state index contributed by atoms with van der Waals surface area (Å²) in [6.07, 6.45) is 0. The molecule has 7 nitrogen and oxygen atoms in total. The Morgan fingerprint density at radius 2 is 1.59 bits per heavy atom. The van der Waals surface area contributed by atoms with Crippen molar-refractivity contribution < 1.29 is 9.59 Å². The lowest BCUT2D eigenvalue weighted by Gasteiger charge is -2.08. The zero-order chi connectivity index (χ0) is 21.1. The molecule has 0 atom stereocenters. The summed E-state index contributed by atoms with van der Waals surface area (Å²) < 4.78 is 1.59. The van der Waals surface area contributed by atoms with Crippen molar-refractivity contribution in [2.24, 2.45) is 17.3 Å². The van der Waals surface area contributed by atoms with Crippen LogP contribution in [0.3, 0.4) is 0 Å². The number of carbonyl (C=O) groups is 2. The number of nitrogens with one attached hydrogen (secondary N) is 1. The second-order valence-corrected chi connectivity index (χ2v) is 7.01. The first kappa shape index (κ1) is 20.1. The van der Waals surface area contributed by atoms with E-state index in [4.69, 9.17) is 0 Å². The van der Waals surface area contributed by atoms with Crippen molar-refractivity contribution in [3.8, 4) is 0 Å². The van der Waals surface area contributed by atoms with Crippen molar-refractivity contribution in [3.63, 3.8) is 0 Å². The van der Waals surface area contributed by atoms with E-state index >= 15 is 0 Å². The van der Waals surface area contributed by atoms with Gasteiger partial charge in [0.05, 0.1) is 22.6 Å². The number of aromatic nitrogens is 2. The second-order valence-electron chi connectivity index (χ2n) is 7.01. The van der Waals surface area contributed by atoms with Gasteiger partial charge in [0, 0.05) is 12.7 Å².